The van der Waals surface area contributed by atoms with Crippen molar-refractivity contribution in [2.75, 3.05) is 6.61 Å². The number of amides is 1. The molecule has 0 saturated carbocycles. The van der Waals surface area contributed by atoms with Gasteiger partial charge in [0.05, 0.1) is 22.3 Å². The first-order valence-electron chi connectivity index (χ1n) is 8.39. The van der Waals surface area contributed by atoms with Crippen LogP contribution in [0.2, 0.25) is 15.1 Å². The minimum Gasteiger partial charge on any atom is -0.394 e. The fourth-order valence-electron chi connectivity index (χ4n) is 2.44. The predicted molar refractivity (Wildman–Crippen MR) is 112 cm³/mol. The molecule has 2 aromatic carbocycles. The molecule has 0 saturated heterocycles. The first-order valence-corrected chi connectivity index (χ1v) is 9.53. The van der Waals surface area contributed by atoms with Gasteiger partial charge in [-0.3, -0.25) is 4.79 Å². The van der Waals surface area contributed by atoms with E-state index in [9.17, 15) is 9.90 Å². The molecule has 1 amide bonds. The van der Waals surface area contributed by atoms with Crippen LogP contribution in [0.15, 0.2) is 48.5 Å². The average molecular weight is 437 g/mol. The van der Waals surface area contributed by atoms with E-state index in [0.717, 1.165) is 5.56 Å². The Hall–Kier alpha value is -2.18. The molecule has 1 heterocycles. The number of hydrogen-bond acceptors (Lipinski definition) is 4. The van der Waals surface area contributed by atoms with Crippen LogP contribution < -0.4 is 5.32 Å². The van der Waals surface area contributed by atoms with Crippen LogP contribution >= 0.6 is 34.8 Å². The average Bonchev–Trinajstić information content (AvgIpc) is 2.70. The highest BCUT2D eigenvalue weighted by Gasteiger charge is 2.16. The van der Waals surface area contributed by atoms with Crippen LogP contribution in [0.25, 0.3) is 22.6 Å². The molecule has 0 aliphatic rings. The summed E-state index contributed by atoms with van der Waals surface area (Å²) >= 11 is 18.1. The van der Waals surface area contributed by atoms with Crippen molar-refractivity contribution in [3.63, 3.8) is 0 Å². The molecule has 0 fully saturated rings. The smallest absolute Gasteiger partial charge is 0.270 e. The molecule has 0 aliphatic heterocycles. The number of carbonyl (C=O) groups is 1. The predicted octanol–water partition coefficient (Wildman–Crippen LogP) is 4.88. The van der Waals surface area contributed by atoms with Crippen molar-refractivity contribution < 1.29 is 9.90 Å². The Morgan fingerprint density at radius 3 is 2.32 bits per heavy atom. The summed E-state index contributed by atoms with van der Waals surface area (Å²) in [6, 6.07) is 13.3. The standard InChI is InChI=1S/C20H16Cl3N3O2/c1-11(10-27)24-20(28)18-9-17(12-2-5-14(21)6-3-12)25-19(26-18)13-4-7-15(22)16(23)8-13/h2-9,11,27H,10H2,1H3,(H,24,28). The molecular formula is C20H16Cl3N3O2. The number of halogens is 3. The number of aliphatic hydroxyl groups excluding tert-OH is 1. The van der Waals surface area contributed by atoms with Crippen LogP contribution in [-0.4, -0.2) is 33.6 Å². The Labute approximate surface area is 177 Å². The van der Waals surface area contributed by atoms with E-state index in [2.05, 4.69) is 15.3 Å². The van der Waals surface area contributed by atoms with E-state index in [1.165, 1.54) is 0 Å². The maximum atomic E-state index is 12.6. The van der Waals surface area contributed by atoms with Gasteiger partial charge in [0.25, 0.3) is 5.91 Å². The van der Waals surface area contributed by atoms with Gasteiger partial charge >= 0.3 is 0 Å². The molecule has 0 aliphatic carbocycles. The lowest BCUT2D eigenvalue weighted by atomic mass is 10.1. The summed E-state index contributed by atoms with van der Waals surface area (Å²) in [5.74, 6) is -0.0895. The fraction of sp³-hybridized carbons (Fsp3) is 0.150. The second kappa shape index (κ2) is 8.88. The van der Waals surface area contributed by atoms with E-state index in [1.807, 2.05) is 0 Å². The van der Waals surface area contributed by atoms with E-state index in [0.29, 0.717) is 32.1 Å². The summed E-state index contributed by atoms with van der Waals surface area (Å²) in [4.78, 5) is 21.5. The Morgan fingerprint density at radius 1 is 1.00 bits per heavy atom. The highest BCUT2D eigenvalue weighted by molar-refractivity contribution is 6.42. The summed E-state index contributed by atoms with van der Waals surface area (Å²) in [6.07, 6.45) is 0. The van der Waals surface area contributed by atoms with Gasteiger partial charge in [0.15, 0.2) is 5.82 Å². The Kier molecular flexibility index (Phi) is 6.52. The Morgan fingerprint density at radius 2 is 1.68 bits per heavy atom. The van der Waals surface area contributed by atoms with Gasteiger partial charge in [0.1, 0.15) is 5.69 Å². The van der Waals surface area contributed by atoms with Crippen molar-refractivity contribution in [1.29, 1.82) is 0 Å². The summed E-state index contributed by atoms with van der Waals surface area (Å²) in [5.41, 5.74) is 2.11. The first kappa shape index (κ1) is 20.6. The molecule has 1 aromatic heterocycles. The Bertz CT molecular complexity index is 1010. The number of nitrogens with zero attached hydrogens (tertiary/aromatic N) is 2. The van der Waals surface area contributed by atoms with E-state index in [4.69, 9.17) is 34.8 Å². The molecule has 1 atom stereocenters. The molecule has 1 unspecified atom stereocenters. The third-order valence-corrected chi connectivity index (χ3v) is 4.92. The largest absolute Gasteiger partial charge is 0.394 e. The highest BCUT2D eigenvalue weighted by atomic mass is 35.5. The lowest BCUT2D eigenvalue weighted by Crippen LogP contribution is -2.35. The third-order valence-electron chi connectivity index (χ3n) is 3.93. The van der Waals surface area contributed by atoms with Crippen LogP contribution in [0.4, 0.5) is 0 Å². The van der Waals surface area contributed by atoms with Crippen molar-refractivity contribution in [3.8, 4) is 22.6 Å². The molecule has 3 rings (SSSR count). The number of carbonyl (C=O) groups excluding carboxylic acids is 1. The number of rotatable bonds is 5. The quantitative estimate of drug-likeness (QED) is 0.597. The van der Waals surface area contributed by atoms with Crippen molar-refractivity contribution in [2.45, 2.75) is 13.0 Å². The molecule has 0 radical (unpaired) electrons. The van der Waals surface area contributed by atoms with Gasteiger partial charge in [-0.2, -0.15) is 0 Å². The van der Waals surface area contributed by atoms with Crippen molar-refractivity contribution in [3.05, 3.63) is 69.3 Å². The SMILES string of the molecule is CC(CO)NC(=O)c1cc(-c2ccc(Cl)cc2)nc(-c2ccc(Cl)c(Cl)c2)n1. The van der Waals surface area contributed by atoms with E-state index >= 15 is 0 Å². The molecule has 28 heavy (non-hydrogen) atoms. The zero-order valence-electron chi connectivity index (χ0n) is 14.8. The summed E-state index contributed by atoms with van der Waals surface area (Å²) < 4.78 is 0. The van der Waals surface area contributed by atoms with Crippen LogP contribution in [-0.2, 0) is 0 Å². The molecule has 2 N–H and O–H groups in total. The van der Waals surface area contributed by atoms with Crippen molar-refractivity contribution in [2.24, 2.45) is 0 Å². The van der Waals surface area contributed by atoms with Gasteiger partial charge in [-0.25, -0.2) is 9.97 Å². The molecule has 0 bridgehead atoms. The van der Waals surface area contributed by atoms with Gasteiger partial charge < -0.3 is 10.4 Å². The molecule has 0 spiro atoms. The second-order valence-corrected chi connectivity index (χ2v) is 7.41. The van der Waals surface area contributed by atoms with Crippen LogP contribution in [0.3, 0.4) is 0 Å². The Balaban J connectivity index is 2.11. The van der Waals surface area contributed by atoms with E-state index in [1.54, 1.807) is 55.5 Å². The monoisotopic (exact) mass is 435 g/mol. The normalized spacial score (nSPS) is 11.9. The lowest BCUT2D eigenvalue weighted by Gasteiger charge is -2.12. The second-order valence-electron chi connectivity index (χ2n) is 6.15. The molecule has 3 aromatic rings. The number of benzene rings is 2. The zero-order chi connectivity index (χ0) is 20.3. The zero-order valence-corrected chi connectivity index (χ0v) is 17.1. The van der Waals surface area contributed by atoms with Gasteiger partial charge in [-0.05, 0) is 43.3 Å². The van der Waals surface area contributed by atoms with Crippen LogP contribution in [0, 0.1) is 0 Å². The molecule has 8 heteroatoms. The summed E-state index contributed by atoms with van der Waals surface area (Å²) in [6.45, 7) is 1.51. The van der Waals surface area contributed by atoms with E-state index in [-0.39, 0.29) is 12.3 Å². The minimum absolute atomic E-state index is 0.168. The first-order chi connectivity index (χ1) is 13.4. The summed E-state index contributed by atoms with van der Waals surface area (Å²) in [5, 5.41) is 13.2. The fourth-order valence-corrected chi connectivity index (χ4v) is 2.86. The van der Waals surface area contributed by atoms with Gasteiger partial charge in [0.2, 0.25) is 0 Å². The van der Waals surface area contributed by atoms with Gasteiger partial charge in [-0.1, -0.05) is 46.9 Å². The molecule has 144 valence electrons. The topological polar surface area (TPSA) is 75.1 Å². The number of hydrogen-bond donors (Lipinski definition) is 2. The number of aromatic nitrogens is 2. The third kappa shape index (κ3) is 4.80. The van der Waals surface area contributed by atoms with Crippen molar-refractivity contribution in [1.82, 2.24) is 15.3 Å². The van der Waals surface area contributed by atoms with Crippen LogP contribution in [0.5, 0.6) is 0 Å². The lowest BCUT2D eigenvalue weighted by molar-refractivity contribution is 0.0917. The maximum Gasteiger partial charge on any atom is 0.270 e. The molecule has 5 nitrogen and oxygen atoms in total. The van der Waals surface area contributed by atoms with Crippen molar-refractivity contribution >= 4 is 40.7 Å². The highest BCUT2D eigenvalue weighted by Crippen LogP contribution is 2.29. The number of aliphatic hydroxyl groups is 1. The maximum absolute atomic E-state index is 12.6. The van der Waals surface area contributed by atoms with Gasteiger partial charge in [0, 0.05) is 22.2 Å². The minimum atomic E-state index is -0.416. The van der Waals surface area contributed by atoms with E-state index < -0.39 is 11.9 Å². The summed E-state index contributed by atoms with van der Waals surface area (Å²) in [7, 11) is 0. The van der Waals surface area contributed by atoms with Gasteiger partial charge in [-0.15, -0.1) is 0 Å². The van der Waals surface area contributed by atoms with Crippen LogP contribution in [0.1, 0.15) is 17.4 Å². The number of nitrogens with one attached hydrogen (secondary N) is 1. The molecular weight excluding hydrogens is 421 g/mol.